The van der Waals surface area contributed by atoms with Crippen molar-refractivity contribution < 1.29 is 19.1 Å². The van der Waals surface area contributed by atoms with Crippen molar-refractivity contribution in [3.63, 3.8) is 0 Å². The summed E-state index contributed by atoms with van der Waals surface area (Å²) in [5.74, 6) is -0.130. The summed E-state index contributed by atoms with van der Waals surface area (Å²) in [4.78, 5) is 40.1. The summed E-state index contributed by atoms with van der Waals surface area (Å²) >= 11 is 0. The zero-order chi connectivity index (χ0) is 25.0. The molecule has 180 valence electrons. The van der Waals surface area contributed by atoms with Crippen LogP contribution in [0, 0.1) is 0 Å². The maximum absolute atomic E-state index is 13.2. The number of nitrogens with zero attached hydrogens (tertiary/aromatic N) is 4. The van der Waals surface area contributed by atoms with Crippen LogP contribution in [0.15, 0.2) is 60.7 Å². The maximum Gasteiger partial charge on any atom is 0.322 e. The number of carbonyl (C=O) groups excluding carboxylic acids is 3. The third kappa shape index (κ3) is 3.29. The summed E-state index contributed by atoms with van der Waals surface area (Å²) < 4.78 is 6.96. The third-order valence-electron chi connectivity index (χ3n) is 6.89. The minimum atomic E-state index is -1.41. The molecule has 1 fully saturated rings. The van der Waals surface area contributed by atoms with Crippen molar-refractivity contribution in [3.8, 4) is 16.9 Å². The number of amides is 4. The second-order valence-corrected chi connectivity index (χ2v) is 8.99. The van der Waals surface area contributed by atoms with E-state index >= 15 is 0 Å². The Morgan fingerprint density at radius 2 is 1.78 bits per heavy atom. The lowest BCUT2D eigenvalue weighted by Gasteiger charge is -2.31. The summed E-state index contributed by atoms with van der Waals surface area (Å²) in [7, 11) is 3.38. The lowest BCUT2D eigenvalue weighted by molar-refractivity contribution is -0.124. The zero-order valence-corrected chi connectivity index (χ0v) is 19.6. The van der Waals surface area contributed by atoms with Gasteiger partial charge >= 0.3 is 6.03 Å². The molecule has 1 atom stereocenters. The molecule has 4 aromatic rings. The van der Waals surface area contributed by atoms with Crippen LogP contribution in [0.3, 0.4) is 0 Å². The molecule has 2 N–H and O–H groups in total. The number of aromatic nitrogens is 3. The van der Waals surface area contributed by atoms with E-state index in [1.54, 1.807) is 41.0 Å². The molecule has 0 radical (unpaired) electrons. The van der Waals surface area contributed by atoms with Crippen molar-refractivity contribution in [2.45, 2.75) is 12.1 Å². The molecular weight excluding hydrogens is 460 g/mol. The van der Waals surface area contributed by atoms with Crippen LogP contribution in [0.2, 0.25) is 0 Å². The van der Waals surface area contributed by atoms with E-state index in [1.807, 2.05) is 43.4 Å². The lowest BCUT2D eigenvalue weighted by Crippen LogP contribution is -2.52. The van der Waals surface area contributed by atoms with Crippen LogP contribution in [0.1, 0.15) is 21.5 Å². The average Bonchev–Trinajstić information content (AvgIpc) is 3.51. The van der Waals surface area contributed by atoms with Crippen molar-refractivity contribution in [1.29, 1.82) is 0 Å². The first-order chi connectivity index (χ1) is 17.4. The Kier molecular flexibility index (Phi) is 4.78. The highest BCUT2D eigenvalue weighted by molar-refractivity contribution is 6.08. The molecule has 6 rings (SSSR count). The van der Waals surface area contributed by atoms with Crippen LogP contribution in [0.25, 0.3) is 22.2 Å². The molecule has 3 heterocycles. The van der Waals surface area contributed by atoms with E-state index in [9.17, 15) is 14.4 Å². The molecular formula is C26H22N6O4. The number of carbonyl (C=O) groups is 3. The van der Waals surface area contributed by atoms with Gasteiger partial charge in [0.25, 0.3) is 11.8 Å². The molecule has 10 nitrogen and oxygen atoms in total. The molecule has 2 aliphatic heterocycles. The van der Waals surface area contributed by atoms with Gasteiger partial charge in [0.05, 0.1) is 19.2 Å². The normalized spacial score (nSPS) is 18.9. The number of hydrogen-bond acceptors (Lipinski definition) is 6. The van der Waals surface area contributed by atoms with Crippen molar-refractivity contribution in [3.05, 3.63) is 77.4 Å². The van der Waals surface area contributed by atoms with Gasteiger partial charge in [-0.1, -0.05) is 41.6 Å². The van der Waals surface area contributed by atoms with Crippen LogP contribution in [-0.2, 0) is 23.9 Å². The highest BCUT2D eigenvalue weighted by Crippen LogP contribution is 2.33. The maximum atomic E-state index is 13.2. The van der Waals surface area contributed by atoms with Gasteiger partial charge in [-0.2, -0.15) is 0 Å². The van der Waals surface area contributed by atoms with Crippen LogP contribution in [0.5, 0.6) is 5.75 Å². The Morgan fingerprint density at radius 1 is 1.00 bits per heavy atom. The first kappa shape index (κ1) is 21.8. The van der Waals surface area contributed by atoms with E-state index in [4.69, 9.17) is 4.74 Å². The monoisotopic (exact) mass is 482 g/mol. The highest BCUT2D eigenvalue weighted by Gasteiger charge is 2.50. The number of hydrogen-bond donors (Lipinski definition) is 2. The minimum absolute atomic E-state index is 0.00862. The van der Waals surface area contributed by atoms with Gasteiger partial charge in [0, 0.05) is 19.2 Å². The fourth-order valence-electron chi connectivity index (χ4n) is 4.95. The molecule has 10 heteroatoms. The molecule has 0 spiro atoms. The van der Waals surface area contributed by atoms with E-state index in [0.717, 1.165) is 27.7 Å². The fourth-order valence-corrected chi connectivity index (χ4v) is 4.95. The van der Waals surface area contributed by atoms with Gasteiger partial charge in [-0.3, -0.25) is 14.9 Å². The summed E-state index contributed by atoms with van der Waals surface area (Å²) in [6.45, 7) is 0.324. The number of methoxy groups -OCH3 is 1. The summed E-state index contributed by atoms with van der Waals surface area (Å²) in [6, 6.07) is 18.0. The number of nitrogens with one attached hydrogen (secondary N) is 2. The Hall–Kier alpha value is -4.73. The largest absolute Gasteiger partial charge is 0.497 e. The van der Waals surface area contributed by atoms with Crippen molar-refractivity contribution in [1.82, 2.24) is 30.5 Å². The van der Waals surface area contributed by atoms with E-state index in [-0.39, 0.29) is 12.5 Å². The van der Waals surface area contributed by atoms with Gasteiger partial charge in [0.15, 0.2) is 5.54 Å². The number of aryl methyl sites for hydroxylation is 1. The minimum Gasteiger partial charge on any atom is -0.497 e. The van der Waals surface area contributed by atoms with Gasteiger partial charge < -0.3 is 15.0 Å². The second kappa shape index (κ2) is 7.91. The quantitative estimate of drug-likeness (QED) is 0.422. The predicted molar refractivity (Wildman–Crippen MR) is 130 cm³/mol. The fraction of sp³-hybridized carbons (Fsp3) is 0.192. The third-order valence-corrected chi connectivity index (χ3v) is 6.89. The SMILES string of the molecule is COc1ccc2c(c1)C(=O)N(C[C@@]1(c3ccc(-c4ccc5c(c4)nnn5C)cc3)NC(=O)NC1=O)C2. The predicted octanol–water partition coefficient (Wildman–Crippen LogP) is 2.33. The van der Waals surface area contributed by atoms with Gasteiger partial charge in [0.2, 0.25) is 0 Å². The second-order valence-electron chi connectivity index (χ2n) is 8.99. The van der Waals surface area contributed by atoms with E-state index in [2.05, 4.69) is 20.9 Å². The summed E-state index contributed by atoms with van der Waals surface area (Å²) in [5.41, 5.74) is 4.11. The van der Waals surface area contributed by atoms with Crippen molar-refractivity contribution in [2.75, 3.05) is 13.7 Å². The highest BCUT2D eigenvalue weighted by atomic mass is 16.5. The summed E-state index contributed by atoms with van der Waals surface area (Å²) in [5, 5.41) is 13.3. The van der Waals surface area contributed by atoms with Gasteiger partial charge in [-0.15, -0.1) is 5.10 Å². The van der Waals surface area contributed by atoms with Crippen LogP contribution < -0.4 is 15.4 Å². The molecule has 0 aliphatic carbocycles. The molecule has 1 aromatic heterocycles. The van der Waals surface area contributed by atoms with Gasteiger partial charge in [-0.05, 0) is 46.5 Å². The van der Waals surface area contributed by atoms with Crippen LogP contribution in [-0.4, -0.2) is 51.4 Å². The van der Waals surface area contributed by atoms with E-state index in [1.165, 1.54) is 0 Å². The Morgan fingerprint density at radius 3 is 2.50 bits per heavy atom. The molecule has 0 unspecified atom stereocenters. The van der Waals surface area contributed by atoms with E-state index < -0.39 is 17.5 Å². The Balaban J connectivity index is 1.33. The number of urea groups is 1. The van der Waals surface area contributed by atoms with Gasteiger partial charge in [0.1, 0.15) is 11.3 Å². The van der Waals surface area contributed by atoms with Crippen LogP contribution in [0.4, 0.5) is 4.79 Å². The molecule has 36 heavy (non-hydrogen) atoms. The number of ether oxygens (including phenoxy) is 1. The van der Waals surface area contributed by atoms with Gasteiger partial charge in [-0.25, -0.2) is 9.48 Å². The van der Waals surface area contributed by atoms with Crippen LogP contribution >= 0.6 is 0 Å². The average molecular weight is 483 g/mol. The zero-order valence-electron chi connectivity index (χ0n) is 19.6. The first-order valence-corrected chi connectivity index (χ1v) is 11.4. The Bertz CT molecular complexity index is 1560. The van der Waals surface area contributed by atoms with Crippen molar-refractivity contribution in [2.24, 2.45) is 7.05 Å². The number of benzene rings is 3. The summed E-state index contributed by atoms with van der Waals surface area (Å²) in [6.07, 6.45) is 0. The topological polar surface area (TPSA) is 118 Å². The standard InChI is InChI=1S/C26H22N6O4/c1-31-22-10-6-16(11-21(22)29-30-31)15-3-7-18(8-4-15)26(24(34)27-25(35)28-26)14-32-13-17-5-9-19(36-2)12-20(17)23(32)33/h3-12H,13-14H2,1-2H3,(H2,27,28,34,35)/t26-/m0/s1. The smallest absolute Gasteiger partial charge is 0.322 e. The number of fused-ring (bicyclic) bond motifs is 2. The number of rotatable bonds is 5. The first-order valence-electron chi connectivity index (χ1n) is 11.4. The molecule has 3 aromatic carbocycles. The Labute approximate surface area is 205 Å². The molecule has 1 saturated heterocycles. The number of imide groups is 1. The lowest BCUT2D eigenvalue weighted by atomic mass is 9.88. The molecule has 2 aliphatic rings. The van der Waals surface area contributed by atoms with Crippen molar-refractivity contribution >= 4 is 28.9 Å². The molecule has 4 amide bonds. The molecule has 0 bridgehead atoms. The van der Waals surface area contributed by atoms with E-state index in [0.29, 0.717) is 23.4 Å². The molecule has 0 saturated carbocycles.